The lowest BCUT2D eigenvalue weighted by Crippen LogP contribution is -2.54. The summed E-state index contributed by atoms with van der Waals surface area (Å²) in [5, 5.41) is 8.59. The molecule has 0 N–H and O–H groups in total. The molecule has 0 atom stereocenters. The lowest BCUT2D eigenvalue weighted by Gasteiger charge is -2.35. The van der Waals surface area contributed by atoms with Crippen LogP contribution in [-0.4, -0.2) is 31.9 Å². The molecule has 5 nitrogen and oxygen atoms in total. The fourth-order valence-electron chi connectivity index (χ4n) is 1.45. The van der Waals surface area contributed by atoms with E-state index in [1.54, 1.807) is 24.3 Å². The van der Waals surface area contributed by atoms with Crippen molar-refractivity contribution in [3.05, 3.63) is 29.8 Å². The first-order chi connectivity index (χ1) is 7.99. The van der Waals surface area contributed by atoms with Crippen LogP contribution in [0.4, 0.5) is 3.89 Å². The molecule has 1 aliphatic rings. The molecule has 0 radical (unpaired) electrons. The Labute approximate surface area is 98.4 Å². The molecule has 17 heavy (non-hydrogen) atoms. The quantitative estimate of drug-likeness (QED) is 0.751. The molecule has 1 aromatic rings. The second-order valence-corrected chi connectivity index (χ2v) is 4.98. The van der Waals surface area contributed by atoms with Crippen molar-refractivity contribution in [3.63, 3.8) is 0 Å². The molecule has 1 fully saturated rings. The van der Waals surface area contributed by atoms with Gasteiger partial charge < -0.3 is 4.74 Å². The monoisotopic (exact) mass is 256 g/mol. The van der Waals surface area contributed by atoms with Crippen LogP contribution in [-0.2, 0) is 10.4 Å². The van der Waals surface area contributed by atoms with Gasteiger partial charge in [0.05, 0.1) is 24.7 Å². The number of halogens is 1. The van der Waals surface area contributed by atoms with Crippen LogP contribution in [0.1, 0.15) is 5.56 Å². The molecular formula is C10H9FN2O3S. The third-order valence-electron chi connectivity index (χ3n) is 2.41. The summed E-state index contributed by atoms with van der Waals surface area (Å²) >= 11 is 0. The Hall–Kier alpha value is -1.65. The zero-order valence-electron chi connectivity index (χ0n) is 8.71. The lowest BCUT2D eigenvalue weighted by atomic mass is 10.2. The van der Waals surface area contributed by atoms with E-state index in [0.717, 1.165) is 0 Å². The maximum atomic E-state index is 12.5. The summed E-state index contributed by atoms with van der Waals surface area (Å²) in [7, 11) is -4.59. The SMILES string of the molecule is N#Cc1ccc(OC2CN(S(=O)(=O)F)C2)cc1. The van der Waals surface area contributed by atoms with Gasteiger partial charge in [-0.25, -0.2) is 0 Å². The first-order valence-electron chi connectivity index (χ1n) is 4.85. The maximum absolute atomic E-state index is 12.5. The van der Waals surface area contributed by atoms with Crippen LogP contribution in [0.15, 0.2) is 24.3 Å². The molecule has 1 saturated heterocycles. The molecule has 1 aromatic carbocycles. The van der Waals surface area contributed by atoms with E-state index in [1.165, 1.54) is 0 Å². The van der Waals surface area contributed by atoms with Crippen LogP contribution < -0.4 is 4.74 Å². The van der Waals surface area contributed by atoms with Gasteiger partial charge in [-0.2, -0.15) is 18.0 Å². The van der Waals surface area contributed by atoms with Crippen LogP contribution in [0.3, 0.4) is 0 Å². The van der Waals surface area contributed by atoms with Crippen molar-refractivity contribution < 1.29 is 17.0 Å². The zero-order valence-corrected chi connectivity index (χ0v) is 9.52. The molecule has 1 aliphatic heterocycles. The predicted octanol–water partition coefficient (Wildman–Crippen LogP) is 0.836. The van der Waals surface area contributed by atoms with E-state index < -0.39 is 10.4 Å². The van der Waals surface area contributed by atoms with E-state index >= 15 is 0 Å². The number of hydrogen-bond donors (Lipinski definition) is 0. The molecule has 0 unspecified atom stereocenters. The van der Waals surface area contributed by atoms with E-state index in [9.17, 15) is 12.3 Å². The molecule has 0 bridgehead atoms. The number of ether oxygens (including phenoxy) is 1. The van der Waals surface area contributed by atoms with E-state index in [0.29, 0.717) is 15.6 Å². The molecule has 0 aromatic heterocycles. The van der Waals surface area contributed by atoms with Gasteiger partial charge in [0.25, 0.3) is 0 Å². The lowest BCUT2D eigenvalue weighted by molar-refractivity contribution is 0.0728. The Morgan fingerprint density at radius 1 is 1.35 bits per heavy atom. The topological polar surface area (TPSA) is 70.4 Å². The fraction of sp³-hybridized carbons (Fsp3) is 0.300. The minimum absolute atomic E-state index is 0.0127. The van der Waals surface area contributed by atoms with Crippen molar-refractivity contribution in [2.45, 2.75) is 6.10 Å². The van der Waals surface area contributed by atoms with Crippen molar-refractivity contribution in [3.8, 4) is 11.8 Å². The fourth-order valence-corrected chi connectivity index (χ4v) is 2.14. The Kier molecular flexibility index (Phi) is 3.00. The number of rotatable bonds is 3. The normalized spacial score (nSPS) is 17.2. The van der Waals surface area contributed by atoms with Gasteiger partial charge in [0, 0.05) is 0 Å². The molecule has 0 amide bonds. The third-order valence-corrected chi connectivity index (χ3v) is 3.32. The molecule has 7 heteroatoms. The highest BCUT2D eigenvalue weighted by atomic mass is 32.3. The largest absolute Gasteiger partial charge is 0.488 e. The summed E-state index contributed by atoms with van der Waals surface area (Å²) in [6.07, 6.45) is -0.339. The smallest absolute Gasteiger partial charge is 0.375 e. The van der Waals surface area contributed by atoms with Gasteiger partial charge in [0.1, 0.15) is 11.9 Å². The predicted molar refractivity (Wildman–Crippen MR) is 57.2 cm³/mol. The molecule has 1 heterocycles. The number of hydrogen-bond acceptors (Lipinski definition) is 4. The first kappa shape index (κ1) is 11.8. The van der Waals surface area contributed by atoms with Crippen molar-refractivity contribution in [2.24, 2.45) is 0 Å². The molecule has 90 valence electrons. The summed E-state index contributed by atoms with van der Waals surface area (Å²) in [5.41, 5.74) is 0.513. The van der Waals surface area contributed by atoms with E-state index in [2.05, 4.69) is 0 Å². The summed E-state index contributed by atoms with van der Waals surface area (Å²) in [4.78, 5) is 0. The van der Waals surface area contributed by atoms with Crippen LogP contribution in [0.2, 0.25) is 0 Å². The van der Waals surface area contributed by atoms with Gasteiger partial charge in [0.2, 0.25) is 0 Å². The zero-order chi connectivity index (χ0) is 12.5. The van der Waals surface area contributed by atoms with Crippen LogP contribution in [0.25, 0.3) is 0 Å². The van der Waals surface area contributed by atoms with Crippen molar-refractivity contribution in [1.29, 1.82) is 5.26 Å². The number of nitrogens with zero attached hydrogens (tertiary/aromatic N) is 2. The maximum Gasteiger partial charge on any atom is 0.375 e. The summed E-state index contributed by atoms with van der Waals surface area (Å²) in [6, 6.07) is 8.39. The molecule has 0 aliphatic carbocycles. The second kappa shape index (κ2) is 4.31. The third kappa shape index (κ3) is 2.72. The van der Waals surface area contributed by atoms with E-state index in [1.807, 2.05) is 6.07 Å². The average Bonchev–Trinajstić information content (AvgIpc) is 2.22. The van der Waals surface area contributed by atoms with Crippen molar-refractivity contribution >= 4 is 10.4 Å². The van der Waals surface area contributed by atoms with Crippen molar-refractivity contribution in [2.75, 3.05) is 13.1 Å². The van der Waals surface area contributed by atoms with Gasteiger partial charge in [-0.3, -0.25) is 0 Å². The number of nitriles is 1. The number of benzene rings is 1. The van der Waals surface area contributed by atoms with Gasteiger partial charge in [-0.05, 0) is 24.3 Å². The summed E-state index contributed by atoms with van der Waals surface area (Å²) < 4.78 is 39.5. The highest BCUT2D eigenvalue weighted by Crippen LogP contribution is 2.21. The Bertz CT molecular complexity index is 544. The minimum Gasteiger partial charge on any atom is -0.488 e. The summed E-state index contributed by atoms with van der Waals surface area (Å²) in [5.74, 6) is 0.532. The molecule has 0 spiro atoms. The molecule has 2 rings (SSSR count). The molecule has 0 saturated carbocycles. The van der Waals surface area contributed by atoms with Crippen molar-refractivity contribution in [1.82, 2.24) is 4.31 Å². The van der Waals surface area contributed by atoms with Gasteiger partial charge in [0.15, 0.2) is 0 Å². The molecular weight excluding hydrogens is 247 g/mol. The minimum atomic E-state index is -4.59. The van der Waals surface area contributed by atoms with Gasteiger partial charge in [-0.15, -0.1) is 0 Å². The average molecular weight is 256 g/mol. The standard InChI is InChI=1S/C10H9FN2O3S/c11-17(14,15)13-6-10(7-13)16-9-3-1-8(5-12)2-4-9/h1-4,10H,6-7H2. The highest BCUT2D eigenvalue weighted by Gasteiger charge is 2.37. The first-order valence-corrected chi connectivity index (χ1v) is 6.19. The highest BCUT2D eigenvalue weighted by molar-refractivity contribution is 7.84. The van der Waals surface area contributed by atoms with Gasteiger partial charge >= 0.3 is 10.4 Å². The van der Waals surface area contributed by atoms with Crippen LogP contribution in [0.5, 0.6) is 5.75 Å². The van der Waals surface area contributed by atoms with E-state index in [-0.39, 0.29) is 19.2 Å². The van der Waals surface area contributed by atoms with E-state index in [4.69, 9.17) is 10.00 Å². The van der Waals surface area contributed by atoms with Crippen LogP contribution >= 0.6 is 0 Å². The van der Waals surface area contributed by atoms with Gasteiger partial charge in [-0.1, -0.05) is 3.89 Å². The van der Waals surface area contributed by atoms with Crippen LogP contribution in [0, 0.1) is 11.3 Å². The summed E-state index contributed by atoms with van der Waals surface area (Å²) in [6.45, 7) is 0.0255. The Balaban J connectivity index is 1.90. The Morgan fingerprint density at radius 3 is 2.41 bits per heavy atom. The second-order valence-electron chi connectivity index (χ2n) is 3.64. The Morgan fingerprint density at radius 2 is 1.94 bits per heavy atom.